The first-order chi connectivity index (χ1) is 11.3. The van der Waals surface area contributed by atoms with Crippen molar-refractivity contribution in [2.75, 3.05) is 0 Å². The summed E-state index contributed by atoms with van der Waals surface area (Å²) in [4.78, 5) is 12.4. The van der Waals surface area contributed by atoms with Crippen molar-refractivity contribution in [1.82, 2.24) is 0 Å². The standard InChI is InChI=1S/C20H19NO2/c21-14-15-10-12-17(13-11-15)20(22)23-19-9-5-4-8-18(19)16-6-2-1-3-7-16/h1-3,6-7,10-13,18-19H,4-5,8-9H2/t18-,19+/m1/s1. The molecule has 2 aromatic rings. The molecule has 1 fully saturated rings. The Morgan fingerprint density at radius 2 is 1.70 bits per heavy atom. The molecule has 0 radical (unpaired) electrons. The third-order valence-corrected chi connectivity index (χ3v) is 4.44. The average molecular weight is 305 g/mol. The SMILES string of the molecule is N#Cc1ccc(C(=O)O[C@H]2CCCC[C@@H]2c2ccccc2)cc1. The van der Waals surface area contributed by atoms with Crippen LogP contribution in [0.5, 0.6) is 0 Å². The second-order valence-electron chi connectivity index (χ2n) is 5.93. The Morgan fingerprint density at radius 1 is 1.00 bits per heavy atom. The number of carbonyl (C=O) groups is 1. The molecule has 3 rings (SSSR count). The molecule has 0 N–H and O–H groups in total. The lowest BCUT2D eigenvalue weighted by molar-refractivity contribution is 0.0142. The molecule has 1 saturated carbocycles. The highest BCUT2D eigenvalue weighted by molar-refractivity contribution is 5.89. The van der Waals surface area contributed by atoms with Crippen molar-refractivity contribution in [3.63, 3.8) is 0 Å². The van der Waals surface area contributed by atoms with E-state index in [-0.39, 0.29) is 18.0 Å². The number of ether oxygens (including phenoxy) is 1. The molecule has 3 nitrogen and oxygen atoms in total. The van der Waals surface area contributed by atoms with E-state index in [4.69, 9.17) is 10.00 Å². The van der Waals surface area contributed by atoms with Gasteiger partial charge in [0, 0.05) is 5.92 Å². The van der Waals surface area contributed by atoms with Crippen LogP contribution in [0, 0.1) is 11.3 Å². The molecule has 0 unspecified atom stereocenters. The van der Waals surface area contributed by atoms with Crippen molar-refractivity contribution in [2.24, 2.45) is 0 Å². The summed E-state index contributed by atoms with van der Waals surface area (Å²) in [6.45, 7) is 0. The minimum absolute atomic E-state index is 0.0747. The minimum Gasteiger partial charge on any atom is -0.458 e. The van der Waals surface area contributed by atoms with Gasteiger partial charge in [0.1, 0.15) is 6.10 Å². The second kappa shape index (κ2) is 7.11. The fourth-order valence-corrected chi connectivity index (χ4v) is 3.21. The molecule has 116 valence electrons. The van der Waals surface area contributed by atoms with Gasteiger partial charge in [-0.1, -0.05) is 36.8 Å². The zero-order valence-corrected chi connectivity index (χ0v) is 12.9. The van der Waals surface area contributed by atoms with Gasteiger partial charge in [0.25, 0.3) is 0 Å². The van der Waals surface area contributed by atoms with E-state index < -0.39 is 0 Å². The summed E-state index contributed by atoms with van der Waals surface area (Å²) in [5.41, 5.74) is 2.28. The Labute approximate surface area is 136 Å². The molecule has 2 aromatic carbocycles. The number of hydrogen-bond acceptors (Lipinski definition) is 3. The van der Waals surface area contributed by atoms with Crippen LogP contribution in [0.1, 0.15) is 53.1 Å². The third-order valence-electron chi connectivity index (χ3n) is 4.44. The molecule has 3 heteroatoms. The quantitative estimate of drug-likeness (QED) is 0.788. The van der Waals surface area contributed by atoms with Gasteiger partial charge >= 0.3 is 5.97 Å². The van der Waals surface area contributed by atoms with Gasteiger partial charge in [0.05, 0.1) is 17.2 Å². The van der Waals surface area contributed by atoms with Crippen molar-refractivity contribution in [3.05, 3.63) is 71.3 Å². The molecule has 0 heterocycles. The Hall–Kier alpha value is -2.60. The number of nitrogens with zero attached hydrogens (tertiary/aromatic N) is 1. The molecule has 0 aromatic heterocycles. The zero-order chi connectivity index (χ0) is 16.1. The molecule has 0 spiro atoms. The fourth-order valence-electron chi connectivity index (χ4n) is 3.21. The number of hydrogen-bond donors (Lipinski definition) is 0. The van der Waals surface area contributed by atoms with E-state index in [0.717, 1.165) is 19.3 Å². The van der Waals surface area contributed by atoms with E-state index in [1.807, 2.05) is 18.2 Å². The monoisotopic (exact) mass is 305 g/mol. The smallest absolute Gasteiger partial charge is 0.338 e. The lowest BCUT2D eigenvalue weighted by Crippen LogP contribution is -2.28. The van der Waals surface area contributed by atoms with Crippen molar-refractivity contribution < 1.29 is 9.53 Å². The van der Waals surface area contributed by atoms with Gasteiger partial charge in [-0.15, -0.1) is 0 Å². The highest BCUT2D eigenvalue weighted by Crippen LogP contribution is 2.35. The number of nitriles is 1. The first kappa shape index (κ1) is 15.3. The van der Waals surface area contributed by atoms with Gasteiger partial charge in [-0.2, -0.15) is 5.26 Å². The molecule has 0 saturated heterocycles. The van der Waals surface area contributed by atoms with Gasteiger partial charge in [0.15, 0.2) is 0 Å². The van der Waals surface area contributed by atoms with Crippen molar-refractivity contribution in [3.8, 4) is 6.07 Å². The minimum atomic E-state index is -0.303. The second-order valence-corrected chi connectivity index (χ2v) is 5.93. The van der Waals surface area contributed by atoms with Crippen LogP contribution in [0.4, 0.5) is 0 Å². The van der Waals surface area contributed by atoms with Crippen LogP contribution in [-0.4, -0.2) is 12.1 Å². The Kier molecular flexibility index (Phi) is 4.73. The number of carbonyl (C=O) groups excluding carboxylic acids is 1. The first-order valence-electron chi connectivity index (χ1n) is 8.04. The maximum Gasteiger partial charge on any atom is 0.338 e. The van der Waals surface area contributed by atoms with Crippen LogP contribution in [0.25, 0.3) is 0 Å². The van der Waals surface area contributed by atoms with Crippen molar-refractivity contribution in [1.29, 1.82) is 5.26 Å². The van der Waals surface area contributed by atoms with Crippen molar-refractivity contribution in [2.45, 2.75) is 37.7 Å². The maximum absolute atomic E-state index is 12.4. The van der Waals surface area contributed by atoms with E-state index >= 15 is 0 Å². The third kappa shape index (κ3) is 3.60. The summed E-state index contributed by atoms with van der Waals surface area (Å²) in [5.74, 6) is -0.0328. The molecule has 1 aliphatic carbocycles. The maximum atomic E-state index is 12.4. The fraction of sp³-hybridized carbons (Fsp3) is 0.300. The summed E-state index contributed by atoms with van der Waals surface area (Å²) in [5, 5.41) is 8.82. The summed E-state index contributed by atoms with van der Waals surface area (Å²) in [6.07, 6.45) is 4.14. The predicted molar refractivity (Wildman–Crippen MR) is 88.0 cm³/mol. The molecule has 1 aliphatic rings. The number of benzene rings is 2. The molecule has 0 amide bonds. The summed E-state index contributed by atoms with van der Waals surface area (Å²) < 4.78 is 5.80. The average Bonchev–Trinajstić information content (AvgIpc) is 2.63. The lowest BCUT2D eigenvalue weighted by Gasteiger charge is -2.31. The van der Waals surface area contributed by atoms with Gasteiger partial charge in [0.2, 0.25) is 0 Å². The summed E-state index contributed by atoms with van der Waals surface area (Å²) >= 11 is 0. The Morgan fingerprint density at radius 3 is 2.39 bits per heavy atom. The van der Waals surface area contributed by atoms with Crippen molar-refractivity contribution >= 4 is 5.97 Å². The van der Waals surface area contributed by atoms with Gasteiger partial charge in [-0.05, 0) is 49.1 Å². The molecule has 0 aliphatic heterocycles. The highest BCUT2D eigenvalue weighted by Gasteiger charge is 2.29. The number of rotatable bonds is 3. The van der Waals surface area contributed by atoms with Gasteiger partial charge in [-0.3, -0.25) is 0 Å². The summed E-state index contributed by atoms with van der Waals surface area (Å²) in [7, 11) is 0. The number of esters is 1. The van der Waals surface area contributed by atoms with Crippen LogP contribution in [0.3, 0.4) is 0 Å². The van der Waals surface area contributed by atoms with Crippen LogP contribution < -0.4 is 0 Å². The summed E-state index contributed by atoms with van der Waals surface area (Å²) in [6, 6.07) is 18.9. The lowest BCUT2D eigenvalue weighted by atomic mass is 9.81. The van der Waals surface area contributed by atoms with E-state index in [1.165, 1.54) is 12.0 Å². The van der Waals surface area contributed by atoms with Gasteiger partial charge in [-0.25, -0.2) is 4.79 Å². The van der Waals surface area contributed by atoms with Crippen LogP contribution in [0.15, 0.2) is 54.6 Å². The van der Waals surface area contributed by atoms with Crippen LogP contribution in [0.2, 0.25) is 0 Å². The largest absolute Gasteiger partial charge is 0.458 e. The highest BCUT2D eigenvalue weighted by atomic mass is 16.5. The topological polar surface area (TPSA) is 50.1 Å². The Balaban J connectivity index is 1.74. The van der Waals surface area contributed by atoms with Crippen LogP contribution in [-0.2, 0) is 4.74 Å². The van der Waals surface area contributed by atoms with E-state index in [9.17, 15) is 4.79 Å². The molecular weight excluding hydrogens is 286 g/mol. The molecule has 23 heavy (non-hydrogen) atoms. The van der Waals surface area contributed by atoms with E-state index in [0.29, 0.717) is 11.1 Å². The molecule has 0 bridgehead atoms. The molecule has 2 atom stereocenters. The molecular formula is C20H19NO2. The van der Waals surface area contributed by atoms with Gasteiger partial charge < -0.3 is 4.74 Å². The zero-order valence-electron chi connectivity index (χ0n) is 12.9. The first-order valence-corrected chi connectivity index (χ1v) is 8.04. The normalized spacial score (nSPS) is 20.5. The van der Waals surface area contributed by atoms with Crippen LogP contribution >= 0.6 is 0 Å². The van der Waals surface area contributed by atoms with E-state index in [1.54, 1.807) is 24.3 Å². The predicted octanol–water partition coefficient (Wildman–Crippen LogP) is 4.44. The Bertz CT molecular complexity index is 701. The van der Waals surface area contributed by atoms with E-state index in [2.05, 4.69) is 18.2 Å².